The summed E-state index contributed by atoms with van der Waals surface area (Å²) in [4.78, 5) is 12.0. The second-order valence-electron chi connectivity index (χ2n) is 7.62. The van der Waals surface area contributed by atoms with Crippen LogP contribution in [-0.4, -0.2) is 30.9 Å². The van der Waals surface area contributed by atoms with Gasteiger partial charge in [-0.1, -0.05) is 24.8 Å². The molecular formula is C15H24O3Si. The highest BCUT2D eigenvalue weighted by molar-refractivity contribution is 6.83. The largest absolute Gasteiger partial charge is 0.461 e. The Morgan fingerprint density at radius 1 is 1.37 bits per heavy atom. The van der Waals surface area contributed by atoms with Gasteiger partial charge in [0.1, 0.15) is 6.10 Å². The zero-order valence-electron chi connectivity index (χ0n) is 12.3. The molecule has 1 N–H and O–H groups in total. The van der Waals surface area contributed by atoms with Gasteiger partial charge in [0, 0.05) is 12.3 Å². The van der Waals surface area contributed by atoms with Crippen molar-refractivity contribution in [3.05, 3.63) is 10.8 Å². The van der Waals surface area contributed by atoms with Crippen LogP contribution in [0.5, 0.6) is 0 Å². The third kappa shape index (κ3) is 1.91. The number of hydrogen-bond donors (Lipinski definition) is 1. The second-order valence-corrected chi connectivity index (χ2v) is 12.7. The van der Waals surface area contributed by atoms with Crippen LogP contribution in [0.2, 0.25) is 19.6 Å². The maximum atomic E-state index is 12.0. The fourth-order valence-electron chi connectivity index (χ4n) is 4.37. The number of carbonyl (C=O) groups is 1. The van der Waals surface area contributed by atoms with Crippen LogP contribution in [0, 0.1) is 11.8 Å². The lowest BCUT2D eigenvalue weighted by atomic mass is 9.85. The van der Waals surface area contributed by atoms with Crippen LogP contribution >= 0.6 is 0 Å². The summed E-state index contributed by atoms with van der Waals surface area (Å²) in [5.74, 6) is 0.134. The van der Waals surface area contributed by atoms with Crippen LogP contribution in [0.1, 0.15) is 32.6 Å². The van der Waals surface area contributed by atoms with Crippen molar-refractivity contribution in [2.24, 2.45) is 11.8 Å². The molecule has 0 amide bonds. The molecule has 3 rings (SSSR count). The standard InChI is InChI=1S/C15H24O3Si/c1-15(17)8-10-12-9(14(16)18-10)6-5-7-11(13(12)15)19(2,3)4/h9-10,12,17H,5-8H2,1-4H3/t9-,10+,12+,15-/m0/s1. The maximum absolute atomic E-state index is 12.0. The predicted molar refractivity (Wildman–Crippen MR) is 76.3 cm³/mol. The lowest BCUT2D eigenvalue weighted by Crippen LogP contribution is -2.34. The SMILES string of the molecule is C[C@]1(O)C[C@H]2OC(=O)[C@H]3CCCC([Si](C)(C)C)=C1[C@H]32. The van der Waals surface area contributed by atoms with Crippen LogP contribution < -0.4 is 0 Å². The van der Waals surface area contributed by atoms with Crippen molar-refractivity contribution in [2.75, 3.05) is 0 Å². The van der Waals surface area contributed by atoms with Crippen molar-refractivity contribution in [3.8, 4) is 0 Å². The molecule has 4 atom stereocenters. The van der Waals surface area contributed by atoms with E-state index in [0.29, 0.717) is 6.42 Å². The normalized spacial score (nSPS) is 42.2. The van der Waals surface area contributed by atoms with Gasteiger partial charge >= 0.3 is 5.97 Å². The summed E-state index contributed by atoms with van der Waals surface area (Å²) in [6.45, 7) is 8.95. The van der Waals surface area contributed by atoms with Crippen molar-refractivity contribution < 1.29 is 14.6 Å². The number of ether oxygens (including phenoxy) is 1. The highest BCUT2D eigenvalue weighted by Crippen LogP contribution is 2.54. The Morgan fingerprint density at radius 3 is 2.68 bits per heavy atom. The Morgan fingerprint density at radius 2 is 2.05 bits per heavy atom. The Labute approximate surface area is 116 Å². The van der Waals surface area contributed by atoms with E-state index in [0.717, 1.165) is 19.3 Å². The summed E-state index contributed by atoms with van der Waals surface area (Å²) in [6, 6.07) is 0. The lowest BCUT2D eigenvalue weighted by Gasteiger charge is -2.30. The fourth-order valence-corrected chi connectivity index (χ4v) is 6.54. The molecule has 1 aliphatic heterocycles. The van der Waals surface area contributed by atoms with Crippen molar-refractivity contribution in [3.63, 3.8) is 0 Å². The van der Waals surface area contributed by atoms with E-state index < -0.39 is 13.7 Å². The van der Waals surface area contributed by atoms with E-state index >= 15 is 0 Å². The molecule has 3 nitrogen and oxygen atoms in total. The van der Waals surface area contributed by atoms with E-state index in [1.54, 1.807) is 0 Å². The van der Waals surface area contributed by atoms with Crippen molar-refractivity contribution in [1.29, 1.82) is 0 Å². The molecule has 0 radical (unpaired) electrons. The molecule has 1 saturated carbocycles. The zero-order chi connectivity index (χ0) is 14.0. The zero-order valence-corrected chi connectivity index (χ0v) is 13.3. The predicted octanol–water partition coefficient (Wildman–Crippen LogP) is 2.66. The number of allylic oxidation sites excluding steroid dienone is 1. The molecule has 19 heavy (non-hydrogen) atoms. The first kappa shape index (κ1) is 13.4. The first-order valence-corrected chi connectivity index (χ1v) is 10.9. The van der Waals surface area contributed by atoms with E-state index in [1.807, 2.05) is 6.92 Å². The molecular weight excluding hydrogens is 256 g/mol. The van der Waals surface area contributed by atoms with E-state index in [2.05, 4.69) is 19.6 Å². The smallest absolute Gasteiger partial charge is 0.309 e. The quantitative estimate of drug-likeness (QED) is 0.593. The molecule has 0 bridgehead atoms. The van der Waals surface area contributed by atoms with Crippen LogP contribution in [-0.2, 0) is 9.53 Å². The number of aliphatic hydroxyl groups is 1. The van der Waals surface area contributed by atoms with Crippen molar-refractivity contribution in [1.82, 2.24) is 0 Å². The van der Waals surface area contributed by atoms with Gasteiger partial charge in [-0.15, -0.1) is 0 Å². The molecule has 106 valence electrons. The van der Waals surface area contributed by atoms with Gasteiger partial charge in [-0.25, -0.2) is 0 Å². The van der Waals surface area contributed by atoms with Crippen LogP contribution in [0.4, 0.5) is 0 Å². The number of hydrogen-bond acceptors (Lipinski definition) is 3. The topological polar surface area (TPSA) is 46.5 Å². The molecule has 2 aliphatic carbocycles. The summed E-state index contributed by atoms with van der Waals surface area (Å²) in [7, 11) is -1.46. The Bertz CT molecular complexity index is 459. The molecule has 0 unspecified atom stereocenters. The summed E-state index contributed by atoms with van der Waals surface area (Å²) < 4.78 is 5.53. The summed E-state index contributed by atoms with van der Waals surface area (Å²) >= 11 is 0. The fraction of sp³-hybridized carbons (Fsp3) is 0.800. The van der Waals surface area contributed by atoms with Gasteiger partial charge in [-0.3, -0.25) is 4.79 Å². The molecule has 2 fully saturated rings. The minimum atomic E-state index is -1.46. The summed E-state index contributed by atoms with van der Waals surface area (Å²) in [5, 5.41) is 12.3. The number of rotatable bonds is 1. The van der Waals surface area contributed by atoms with Crippen LogP contribution in [0.25, 0.3) is 0 Å². The third-order valence-electron chi connectivity index (χ3n) is 5.09. The lowest BCUT2D eigenvalue weighted by molar-refractivity contribution is -0.145. The molecule has 0 aromatic carbocycles. The van der Waals surface area contributed by atoms with E-state index in [-0.39, 0.29) is 23.9 Å². The summed E-state index contributed by atoms with van der Waals surface area (Å²) in [5.41, 5.74) is 0.416. The molecule has 1 saturated heterocycles. The van der Waals surface area contributed by atoms with Gasteiger partial charge in [0.05, 0.1) is 19.6 Å². The molecule has 0 aromatic heterocycles. The monoisotopic (exact) mass is 280 g/mol. The molecule has 0 aromatic rings. The molecule has 3 aliphatic rings. The van der Waals surface area contributed by atoms with Gasteiger partial charge in [-0.2, -0.15) is 0 Å². The highest BCUT2D eigenvalue weighted by atomic mass is 28.3. The van der Waals surface area contributed by atoms with Gasteiger partial charge in [0.2, 0.25) is 0 Å². The van der Waals surface area contributed by atoms with E-state index in [9.17, 15) is 9.90 Å². The molecule has 4 heteroatoms. The highest BCUT2D eigenvalue weighted by Gasteiger charge is 2.58. The second kappa shape index (κ2) is 3.95. The average Bonchev–Trinajstić information content (AvgIpc) is 2.56. The first-order chi connectivity index (χ1) is 8.72. The first-order valence-electron chi connectivity index (χ1n) is 7.39. The third-order valence-corrected chi connectivity index (χ3v) is 7.42. The number of carbonyl (C=O) groups excluding carboxylic acids is 1. The summed E-state index contributed by atoms with van der Waals surface area (Å²) in [6.07, 6.45) is 3.56. The van der Waals surface area contributed by atoms with Crippen LogP contribution in [0.15, 0.2) is 10.8 Å². The number of esters is 1. The van der Waals surface area contributed by atoms with Crippen molar-refractivity contribution in [2.45, 2.75) is 64.0 Å². The van der Waals surface area contributed by atoms with E-state index in [1.165, 1.54) is 10.8 Å². The minimum absolute atomic E-state index is 0.00262. The van der Waals surface area contributed by atoms with Gasteiger partial charge in [0.25, 0.3) is 0 Å². The van der Waals surface area contributed by atoms with E-state index in [4.69, 9.17) is 4.74 Å². The Hall–Kier alpha value is -0.613. The molecule has 1 heterocycles. The average molecular weight is 280 g/mol. The van der Waals surface area contributed by atoms with Gasteiger partial charge in [-0.05, 0) is 31.8 Å². The Kier molecular flexibility index (Phi) is 2.78. The van der Waals surface area contributed by atoms with Gasteiger partial charge in [0.15, 0.2) is 0 Å². The molecule has 0 spiro atoms. The minimum Gasteiger partial charge on any atom is -0.461 e. The van der Waals surface area contributed by atoms with Crippen molar-refractivity contribution >= 4 is 14.0 Å². The van der Waals surface area contributed by atoms with Crippen LogP contribution in [0.3, 0.4) is 0 Å². The maximum Gasteiger partial charge on any atom is 0.309 e. The Balaban J connectivity index is 2.17. The van der Waals surface area contributed by atoms with Gasteiger partial charge < -0.3 is 9.84 Å².